The van der Waals surface area contributed by atoms with Gasteiger partial charge in [-0.2, -0.15) is 0 Å². The molecule has 1 heterocycles. The molecule has 0 aliphatic carbocycles. The van der Waals surface area contributed by atoms with Crippen molar-refractivity contribution in [2.24, 2.45) is 0 Å². The van der Waals surface area contributed by atoms with Gasteiger partial charge in [-0.15, -0.1) is 0 Å². The Labute approximate surface area is 180 Å². The van der Waals surface area contributed by atoms with E-state index < -0.39 is 12.0 Å². The van der Waals surface area contributed by atoms with Crippen LogP contribution in [0.25, 0.3) is 0 Å². The highest BCUT2D eigenvalue weighted by Crippen LogP contribution is 2.31. The van der Waals surface area contributed by atoms with Gasteiger partial charge in [0.1, 0.15) is 5.75 Å². The zero-order valence-electron chi connectivity index (χ0n) is 17.9. The first kappa shape index (κ1) is 21.9. The number of amides is 3. The highest BCUT2D eigenvalue weighted by molar-refractivity contribution is 6.04. The number of hydrogen-bond donors (Lipinski definition) is 2. The predicted molar refractivity (Wildman–Crippen MR) is 116 cm³/mol. The summed E-state index contributed by atoms with van der Waals surface area (Å²) in [4.78, 5) is 38.9. The van der Waals surface area contributed by atoms with Crippen molar-refractivity contribution in [3.05, 3.63) is 70.9 Å². The van der Waals surface area contributed by atoms with E-state index in [0.717, 1.165) is 0 Å². The van der Waals surface area contributed by atoms with Gasteiger partial charge in [0, 0.05) is 24.0 Å². The Kier molecular flexibility index (Phi) is 6.59. The first-order valence-corrected chi connectivity index (χ1v) is 9.83. The first-order valence-electron chi connectivity index (χ1n) is 9.83. The van der Waals surface area contributed by atoms with E-state index in [0.29, 0.717) is 33.8 Å². The van der Waals surface area contributed by atoms with Crippen LogP contribution < -0.4 is 15.4 Å². The zero-order chi connectivity index (χ0) is 22.5. The van der Waals surface area contributed by atoms with Gasteiger partial charge in [-0.1, -0.05) is 12.1 Å². The van der Waals surface area contributed by atoms with Gasteiger partial charge in [0.05, 0.1) is 25.3 Å². The molecule has 0 saturated heterocycles. The zero-order valence-corrected chi connectivity index (χ0v) is 17.9. The number of benzene rings is 2. The number of urea groups is 1. The summed E-state index contributed by atoms with van der Waals surface area (Å²) in [5, 5.41) is 5.67. The SMILES string of the molecule is CCOC(=O)C1=C(C)N(C)C(=O)NC1c1cccc(NC(=O)c2ccc(OC)cc2)c1. The maximum Gasteiger partial charge on any atom is 0.338 e. The largest absolute Gasteiger partial charge is 0.497 e. The fraction of sp³-hybridized carbons (Fsp3) is 0.261. The summed E-state index contributed by atoms with van der Waals surface area (Å²) in [7, 11) is 3.15. The lowest BCUT2D eigenvalue weighted by Gasteiger charge is -2.33. The summed E-state index contributed by atoms with van der Waals surface area (Å²) in [6.07, 6.45) is 0. The quantitative estimate of drug-likeness (QED) is 0.694. The van der Waals surface area contributed by atoms with Crippen LogP contribution in [0.5, 0.6) is 5.75 Å². The molecule has 0 radical (unpaired) electrons. The number of carbonyl (C=O) groups is 3. The third-order valence-electron chi connectivity index (χ3n) is 5.08. The molecule has 2 N–H and O–H groups in total. The van der Waals surface area contributed by atoms with Crippen molar-refractivity contribution in [2.75, 3.05) is 26.1 Å². The molecule has 0 aromatic heterocycles. The molecule has 162 valence electrons. The van der Waals surface area contributed by atoms with Crippen molar-refractivity contribution >= 4 is 23.6 Å². The van der Waals surface area contributed by atoms with Crippen molar-refractivity contribution in [1.29, 1.82) is 0 Å². The van der Waals surface area contributed by atoms with Crippen LogP contribution in [0.3, 0.4) is 0 Å². The fourth-order valence-corrected chi connectivity index (χ4v) is 3.30. The van der Waals surface area contributed by atoms with Crippen molar-refractivity contribution in [3.8, 4) is 5.75 Å². The van der Waals surface area contributed by atoms with Crippen LogP contribution in [0, 0.1) is 0 Å². The molecule has 1 atom stereocenters. The number of rotatable bonds is 6. The van der Waals surface area contributed by atoms with E-state index in [2.05, 4.69) is 10.6 Å². The molecular formula is C23H25N3O5. The van der Waals surface area contributed by atoms with Crippen LogP contribution in [0.4, 0.5) is 10.5 Å². The number of methoxy groups -OCH3 is 1. The Morgan fingerprint density at radius 2 is 1.87 bits per heavy atom. The molecule has 0 saturated carbocycles. The normalized spacial score (nSPS) is 15.9. The van der Waals surface area contributed by atoms with Crippen molar-refractivity contribution in [3.63, 3.8) is 0 Å². The minimum Gasteiger partial charge on any atom is -0.497 e. The Morgan fingerprint density at radius 3 is 2.52 bits per heavy atom. The number of nitrogens with one attached hydrogen (secondary N) is 2. The van der Waals surface area contributed by atoms with E-state index in [1.165, 1.54) is 4.90 Å². The van der Waals surface area contributed by atoms with Gasteiger partial charge >= 0.3 is 12.0 Å². The summed E-state index contributed by atoms with van der Waals surface area (Å²) >= 11 is 0. The summed E-state index contributed by atoms with van der Waals surface area (Å²) in [6, 6.07) is 12.7. The lowest BCUT2D eigenvalue weighted by Crippen LogP contribution is -2.46. The molecule has 1 aliphatic rings. The number of nitrogens with zero attached hydrogens (tertiary/aromatic N) is 1. The van der Waals surface area contributed by atoms with Crippen molar-refractivity contribution in [1.82, 2.24) is 10.2 Å². The highest BCUT2D eigenvalue weighted by Gasteiger charge is 2.35. The molecule has 0 spiro atoms. The first-order chi connectivity index (χ1) is 14.8. The maximum absolute atomic E-state index is 12.6. The number of carbonyl (C=O) groups excluding carboxylic acids is 3. The maximum atomic E-state index is 12.6. The molecule has 8 heteroatoms. The molecule has 2 aromatic carbocycles. The summed E-state index contributed by atoms with van der Waals surface area (Å²) < 4.78 is 10.3. The summed E-state index contributed by atoms with van der Waals surface area (Å²) in [5.74, 6) is -0.126. The number of allylic oxidation sites excluding steroid dienone is 1. The number of esters is 1. The second-order valence-electron chi connectivity index (χ2n) is 6.97. The third kappa shape index (κ3) is 4.69. The fourth-order valence-electron chi connectivity index (χ4n) is 3.30. The van der Waals surface area contributed by atoms with Crippen molar-refractivity contribution < 1.29 is 23.9 Å². The predicted octanol–water partition coefficient (Wildman–Crippen LogP) is 3.48. The smallest absolute Gasteiger partial charge is 0.338 e. The molecule has 31 heavy (non-hydrogen) atoms. The molecule has 3 amide bonds. The van der Waals surface area contributed by atoms with E-state index in [1.807, 2.05) is 0 Å². The Morgan fingerprint density at radius 1 is 1.16 bits per heavy atom. The molecule has 1 unspecified atom stereocenters. The van der Waals surface area contributed by atoms with Gasteiger partial charge in [-0.25, -0.2) is 9.59 Å². The Balaban J connectivity index is 1.89. The van der Waals surface area contributed by atoms with E-state index in [4.69, 9.17) is 9.47 Å². The van der Waals surface area contributed by atoms with Gasteiger partial charge in [0.15, 0.2) is 0 Å². The van der Waals surface area contributed by atoms with Gasteiger partial charge < -0.3 is 25.0 Å². The van der Waals surface area contributed by atoms with Gasteiger partial charge in [-0.3, -0.25) is 4.79 Å². The van der Waals surface area contributed by atoms with Crippen molar-refractivity contribution in [2.45, 2.75) is 19.9 Å². The summed E-state index contributed by atoms with van der Waals surface area (Å²) in [6.45, 7) is 3.65. The molecule has 2 aromatic rings. The molecule has 0 bridgehead atoms. The van der Waals surface area contributed by atoms with Gasteiger partial charge in [0.25, 0.3) is 5.91 Å². The minimum absolute atomic E-state index is 0.220. The number of ether oxygens (including phenoxy) is 2. The second-order valence-corrected chi connectivity index (χ2v) is 6.97. The van der Waals surface area contributed by atoms with Crippen LogP contribution >= 0.6 is 0 Å². The standard InChI is InChI=1S/C23H25N3O5/c1-5-31-22(28)19-14(2)26(3)23(29)25-20(19)16-7-6-8-17(13-16)24-21(27)15-9-11-18(30-4)12-10-15/h6-13,20H,5H2,1-4H3,(H,24,27)(H,25,29). The highest BCUT2D eigenvalue weighted by atomic mass is 16.5. The average molecular weight is 423 g/mol. The lowest BCUT2D eigenvalue weighted by molar-refractivity contribution is -0.139. The topological polar surface area (TPSA) is 97.0 Å². The van der Waals surface area contributed by atoms with E-state index in [9.17, 15) is 14.4 Å². The summed E-state index contributed by atoms with van der Waals surface area (Å²) in [5.41, 5.74) is 2.52. The van der Waals surface area contributed by atoms with E-state index in [-0.39, 0.29) is 18.5 Å². The molecule has 0 fully saturated rings. The van der Waals surface area contributed by atoms with Crippen LogP contribution in [-0.4, -0.2) is 43.6 Å². The minimum atomic E-state index is -0.694. The average Bonchev–Trinajstić information content (AvgIpc) is 2.77. The van der Waals surface area contributed by atoms with E-state index >= 15 is 0 Å². The molecule has 8 nitrogen and oxygen atoms in total. The molecule has 1 aliphatic heterocycles. The van der Waals surface area contributed by atoms with Crippen LogP contribution in [0.1, 0.15) is 35.8 Å². The number of hydrogen-bond acceptors (Lipinski definition) is 5. The number of anilines is 1. The van der Waals surface area contributed by atoms with E-state index in [1.54, 1.807) is 76.5 Å². The molecular weight excluding hydrogens is 398 g/mol. The van der Waals surface area contributed by atoms with Crippen LogP contribution in [0.2, 0.25) is 0 Å². The molecule has 3 rings (SSSR count). The van der Waals surface area contributed by atoms with Crippen LogP contribution in [0.15, 0.2) is 59.8 Å². The Hall–Kier alpha value is -3.81. The Bertz CT molecular complexity index is 1030. The second kappa shape index (κ2) is 9.34. The monoisotopic (exact) mass is 423 g/mol. The van der Waals surface area contributed by atoms with Gasteiger partial charge in [0.2, 0.25) is 0 Å². The van der Waals surface area contributed by atoms with Gasteiger partial charge in [-0.05, 0) is 55.8 Å². The lowest BCUT2D eigenvalue weighted by atomic mass is 9.94. The third-order valence-corrected chi connectivity index (χ3v) is 5.08. The van der Waals surface area contributed by atoms with Crippen LogP contribution in [-0.2, 0) is 9.53 Å².